The average molecular weight is 551 g/mol. The van der Waals surface area contributed by atoms with Crippen LogP contribution >= 0.6 is 27.7 Å². The number of rotatable bonds is 8. The van der Waals surface area contributed by atoms with Gasteiger partial charge in [-0.1, -0.05) is 52.0 Å². The summed E-state index contributed by atoms with van der Waals surface area (Å²) >= 11 is 4.61. The normalized spacial score (nSPS) is 11.5. The Hall–Kier alpha value is -3.43. The van der Waals surface area contributed by atoms with Gasteiger partial charge in [-0.25, -0.2) is 10.4 Å². The predicted octanol–water partition coefficient (Wildman–Crippen LogP) is 5.18. The van der Waals surface area contributed by atoms with Gasteiger partial charge >= 0.3 is 0 Å². The van der Waals surface area contributed by atoms with Crippen molar-refractivity contribution < 1.29 is 9.53 Å². The van der Waals surface area contributed by atoms with E-state index < -0.39 is 0 Å². The maximum atomic E-state index is 13.4. The molecule has 0 fully saturated rings. The van der Waals surface area contributed by atoms with Gasteiger partial charge in [-0.3, -0.25) is 14.2 Å². The third-order valence-electron chi connectivity index (χ3n) is 5.07. The second-order valence-electron chi connectivity index (χ2n) is 7.51. The highest BCUT2D eigenvalue weighted by Gasteiger charge is 2.15. The number of nitrogens with zero attached hydrogens (tertiary/aromatic N) is 3. The topological polar surface area (TPSA) is 85.6 Å². The van der Waals surface area contributed by atoms with Crippen LogP contribution in [0.3, 0.4) is 0 Å². The number of benzene rings is 3. The summed E-state index contributed by atoms with van der Waals surface area (Å²) < 4.78 is 7.97. The second-order valence-corrected chi connectivity index (χ2v) is 9.37. The zero-order chi connectivity index (χ0) is 24.8. The summed E-state index contributed by atoms with van der Waals surface area (Å²) in [7, 11) is 0. The van der Waals surface area contributed by atoms with E-state index in [1.165, 1.54) is 16.3 Å². The number of nitrogens with one attached hydrogen (secondary N) is 1. The van der Waals surface area contributed by atoms with Gasteiger partial charge in [-0.05, 0) is 67.9 Å². The van der Waals surface area contributed by atoms with Crippen LogP contribution in [0, 0.1) is 0 Å². The molecule has 1 amide bonds. The minimum Gasteiger partial charge on any atom is -0.494 e. The molecule has 7 nitrogen and oxygen atoms in total. The van der Waals surface area contributed by atoms with E-state index in [4.69, 9.17) is 4.74 Å². The lowest BCUT2D eigenvalue weighted by atomic mass is 10.1. The van der Waals surface area contributed by atoms with Gasteiger partial charge in [0.15, 0.2) is 5.16 Å². The molecule has 4 rings (SSSR count). The van der Waals surface area contributed by atoms with Gasteiger partial charge in [-0.15, -0.1) is 0 Å². The Morgan fingerprint density at radius 2 is 1.89 bits per heavy atom. The summed E-state index contributed by atoms with van der Waals surface area (Å²) in [5, 5.41) is 5.12. The van der Waals surface area contributed by atoms with Crippen LogP contribution in [-0.4, -0.2) is 33.5 Å². The van der Waals surface area contributed by atoms with Crippen molar-refractivity contribution in [3.05, 3.63) is 93.2 Å². The summed E-state index contributed by atoms with van der Waals surface area (Å²) in [6.07, 6.45) is 0. The van der Waals surface area contributed by atoms with Crippen molar-refractivity contribution >= 4 is 50.2 Å². The first-order chi connectivity index (χ1) is 17.0. The maximum absolute atomic E-state index is 13.4. The Bertz CT molecular complexity index is 1450. The third kappa shape index (κ3) is 5.98. The molecule has 3 aromatic carbocycles. The lowest BCUT2D eigenvalue weighted by molar-refractivity contribution is -0.118. The second kappa shape index (κ2) is 11.3. The molecule has 35 heavy (non-hydrogen) atoms. The summed E-state index contributed by atoms with van der Waals surface area (Å²) in [6.45, 7) is 4.29. The maximum Gasteiger partial charge on any atom is 0.266 e. The van der Waals surface area contributed by atoms with Gasteiger partial charge in [0.2, 0.25) is 0 Å². The molecular formula is C26H23BrN4O3S. The highest BCUT2D eigenvalue weighted by atomic mass is 79.9. The number of ether oxygens (including phenoxy) is 1. The van der Waals surface area contributed by atoms with E-state index in [2.05, 4.69) is 31.4 Å². The van der Waals surface area contributed by atoms with Crippen LogP contribution in [0.15, 0.2) is 92.3 Å². The molecule has 0 aliphatic rings. The van der Waals surface area contributed by atoms with E-state index in [-0.39, 0.29) is 17.2 Å². The molecule has 0 saturated heterocycles. The van der Waals surface area contributed by atoms with Crippen LogP contribution in [0.5, 0.6) is 5.75 Å². The minimum atomic E-state index is -0.301. The number of hydrogen-bond donors (Lipinski definition) is 1. The molecule has 0 bridgehead atoms. The molecule has 0 saturated carbocycles. The Morgan fingerprint density at radius 1 is 1.11 bits per heavy atom. The van der Waals surface area contributed by atoms with Gasteiger partial charge in [-0.2, -0.15) is 5.10 Å². The summed E-state index contributed by atoms with van der Waals surface area (Å²) in [6, 6.07) is 22.1. The van der Waals surface area contributed by atoms with E-state index in [0.717, 1.165) is 10.0 Å². The molecule has 1 heterocycles. The van der Waals surface area contributed by atoms with Crippen LogP contribution in [0.2, 0.25) is 0 Å². The Balaban J connectivity index is 1.58. The number of fused-ring (bicyclic) bond motifs is 1. The summed E-state index contributed by atoms with van der Waals surface area (Å²) in [4.78, 5) is 30.6. The number of hydrogen-bond acceptors (Lipinski definition) is 6. The van der Waals surface area contributed by atoms with Gasteiger partial charge in [0, 0.05) is 4.47 Å². The van der Waals surface area contributed by atoms with Gasteiger partial charge in [0.25, 0.3) is 11.5 Å². The molecule has 0 aliphatic heterocycles. The Kier molecular flexibility index (Phi) is 7.99. The first kappa shape index (κ1) is 24.7. The Labute approximate surface area is 215 Å². The third-order valence-corrected chi connectivity index (χ3v) is 6.51. The molecule has 9 heteroatoms. The molecule has 0 unspecified atom stereocenters. The monoisotopic (exact) mass is 550 g/mol. The first-order valence-electron chi connectivity index (χ1n) is 10.9. The average Bonchev–Trinajstić information content (AvgIpc) is 2.87. The molecule has 178 valence electrons. The number of para-hydroxylation sites is 1. The zero-order valence-corrected chi connectivity index (χ0v) is 21.6. The van der Waals surface area contributed by atoms with Crippen molar-refractivity contribution in [2.75, 3.05) is 12.4 Å². The first-order valence-corrected chi connectivity index (χ1v) is 12.7. The highest BCUT2D eigenvalue weighted by molar-refractivity contribution is 9.10. The molecule has 4 aromatic rings. The van der Waals surface area contributed by atoms with E-state index in [9.17, 15) is 9.59 Å². The SMILES string of the molecule is CCOc1ccc(-n2c(SCC(=O)NN=C(C)c3cccc(Br)c3)nc3ccccc3c2=O)cc1. The minimum absolute atomic E-state index is 0.0388. The van der Waals surface area contributed by atoms with Crippen molar-refractivity contribution in [3.8, 4) is 11.4 Å². The van der Waals surface area contributed by atoms with Gasteiger partial charge < -0.3 is 4.74 Å². The fourth-order valence-corrected chi connectivity index (χ4v) is 4.59. The number of thioether (sulfide) groups is 1. The summed E-state index contributed by atoms with van der Waals surface area (Å²) in [5.74, 6) is 0.451. The van der Waals surface area contributed by atoms with Crippen molar-refractivity contribution in [1.29, 1.82) is 0 Å². The van der Waals surface area contributed by atoms with E-state index in [1.54, 1.807) is 42.5 Å². The standard InChI is InChI=1S/C26H23BrN4O3S/c1-3-34-21-13-11-20(12-14-21)31-25(33)22-9-4-5-10-23(22)28-26(31)35-16-24(32)30-29-17(2)18-7-6-8-19(27)15-18/h4-15H,3,16H2,1-2H3,(H,30,32). The van der Waals surface area contributed by atoms with E-state index in [1.807, 2.05) is 44.2 Å². The van der Waals surface area contributed by atoms with Gasteiger partial charge in [0.1, 0.15) is 5.75 Å². The lowest BCUT2D eigenvalue weighted by Crippen LogP contribution is -2.24. The van der Waals surface area contributed by atoms with Crippen molar-refractivity contribution in [2.24, 2.45) is 5.10 Å². The molecular weight excluding hydrogens is 528 g/mol. The Morgan fingerprint density at radius 3 is 2.63 bits per heavy atom. The van der Waals surface area contributed by atoms with Crippen LogP contribution in [0.25, 0.3) is 16.6 Å². The van der Waals surface area contributed by atoms with E-state index in [0.29, 0.717) is 39.8 Å². The van der Waals surface area contributed by atoms with Crippen LogP contribution < -0.4 is 15.7 Å². The number of aromatic nitrogens is 2. The summed E-state index contributed by atoms with van der Waals surface area (Å²) in [5.41, 5.74) is 5.18. The zero-order valence-electron chi connectivity index (χ0n) is 19.2. The smallest absolute Gasteiger partial charge is 0.266 e. The van der Waals surface area contributed by atoms with Crippen molar-refractivity contribution in [2.45, 2.75) is 19.0 Å². The molecule has 0 radical (unpaired) electrons. The van der Waals surface area contributed by atoms with Crippen molar-refractivity contribution in [3.63, 3.8) is 0 Å². The van der Waals surface area contributed by atoms with Crippen LogP contribution in [0.1, 0.15) is 19.4 Å². The van der Waals surface area contributed by atoms with Gasteiger partial charge in [0.05, 0.1) is 34.7 Å². The fourth-order valence-electron chi connectivity index (χ4n) is 3.38. The molecule has 0 aliphatic carbocycles. The number of carbonyl (C=O) groups excluding carboxylic acids is 1. The number of hydrazone groups is 1. The molecule has 1 N–H and O–H groups in total. The largest absolute Gasteiger partial charge is 0.494 e. The highest BCUT2D eigenvalue weighted by Crippen LogP contribution is 2.23. The van der Waals surface area contributed by atoms with Crippen LogP contribution in [0.4, 0.5) is 0 Å². The quantitative estimate of drug-likeness (QED) is 0.141. The van der Waals surface area contributed by atoms with Crippen molar-refractivity contribution in [1.82, 2.24) is 15.0 Å². The number of amides is 1. The molecule has 0 atom stereocenters. The molecule has 0 spiro atoms. The van der Waals surface area contributed by atoms with Crippen LogP contribution in [-0.2, 0) is 4.79 Å². The van der Waals surface area contributed by atoms with E-state index >= 15 is 0 Å². The lowest BCUT2D eigenvalue weighted by Gasteiger charge is -2.13. The predicted molar refractivity (Wildman–Crippen MR) is 144 cm³/mol. The number of halogens is 1. The fraction of sp³-hybridized carbons (Fsp3) is 0.154. The number of carbonyl (C=O) groups is 1. The molecule has 1 aromatic heterocycles.